The first-order valence-corrected chi connectivity index (χ1v) is 9.02. The van der Waals surface area contributed by atoms with Crippen molar-refractivity contribution in [3.63, 3.8) is 0 Å². The number of hydrogen-bond donors (Lipinski definition) is 1. The zero-order chi connectivity index (χ0) is 18.4. The minimum absolute atomic E-state index is 0.271. The Hall–Kier alpha value is -1.88. The van der Waals surface area contributed by atoms with Gasteiger partial charge in [-0.3, -0.25) is 0 Å². The number of hydrogen-bond acceptors (Lipinski definition) is 2. The minimum Gasteiger partial charge on any atom is -0.444 e. The molecule has 0 aliphatic rings. The molecule has 0 saturated carbocycles. The van der Waals surface area contributed by atoms with Crippen LogP contribution in [-0.4, -0.2) is 11.7 Å². The molecule has 0 heterocycles. The highest BCUT2D eigenvalue weighted by Crippen LogP contribution is 2.25. The fourth-order valence-electron chi connectivity index (χ4n) is 2.46. The van der Waals surface area contributed by atoms with Gasteiger partial charge in [-0.15, -0.1) is 0 Å². The van der Waals surface area contributed by atoms with Gasteiger partial charge in [-0.2, -0.15) is 0 Å². The Morgan fingerprint density at radius 2 is 1.88 bits per heavy atom. The van der Waals surface area contributed by atoms with Gasteiger partial charge < -0.3 is 10.1 Å². The van der Waals surface area contributed by atoms with Crippen LogP contribution in [0.25, 0.3) is 0 Å². The van der Waals surface area contributed by atoms with Crippen molar-refractivity contribution in [1.29, 1.82) is 0 Å². The van der Waals surface area contributed by atoms with Gasteiger partial charge in [0.25, 0.3) is 0 Å². The van der Waals surface area contributed by atoms with Gasteiger partial charge in [-0.05, 0) is 72.8 Å². The molecule has 1 amide bonds. The average Bonchev–Trinajstić information content (AvgIpc) is 2.53. The van der Waals surface area contributed by atoms with Crippen molar-refractivity contribution in [2.75, 3.05) is 0 Å². The number of aryl methyl sites for hydroxylation is 1. The number of amides is 1. The first kappa shape index (κ1) is 19.4. The molecule has 25 heavy (non-hydrogen) atoms. The molecule has 1 atom stereocenters. The predicted molar refractivity (Wildman–Crippen MR) is 101 cm³/mol. The standard InChI is InChI=1S/C20H23BrFNO2/c1-20(2,3)25-19(24)23-18(12-9-14-7-5-4-6-8-14)15-10-11-17(22)16(21)13-15/h4-8,10-11,13,18H,9,12H2,1-3H3,(H,23,24). The van der Waals surface area contributed by atoms with Crippen molar-refractivity contribution >= 4 is 22.0 Å². The lowest BCUT2D eigenvalue weighted by molar-refractivity contribution is 0.0501. The van der Waals surface area contributed by atoms with Crippen molar-refractivity contribution < 1.29 is 13.9 Å². The van der Waals surface area contributed by atoms with Crippen LogP contribution in [0, 0.1) is 5.82 Å². The molecule has 2 aromatic rings. The summed E-state index contributed by atoms with van der Waals surface area (Å²) < 4.78 is 19.3. The van der Waals surface area contributed by atoms with Gasteiger partial charge in [0.05, 0.1) is 10.5 Å². The van der Waals surface area contributed by atoms with E-state index in [0.29, 0.717) is 10.9 Å². The zero-order valence-corrected chi connectivity index (χ0v) is 16.3. The normalized spacial score (nSPS) is 12.5. The third kappa shape index (κ3) is 6.50. The van der Waals surface area contributed by atoms with Crippen molar-refractivity contribution in [3.8, 4) is 0 Å². The quantitative estimate of drug-likeness (QED) is 0.681. The third-order valence-corrected chi connectivity index (χ3v) is 4.21. The van der Waals surface area contributed by atoms with Crippen LogP contribution in [0.3, 0.4) is 0 Å². The average molecular weight is 408 g/mol. The van der Waals surface area contributed by atoms with Crippen molar-refractivity contribution in [2.45, 2.75) is 45.3 Å². The summed E-state index contributed by atoms with van der Waals surface area (Å²) >= 11 is 3.21. The molecule has 0 bridgehead atoms. The topological polar surface area (TPSA) is 38.3 Å². The maximum atomic E-state index is 13.5. The first-order valence-electron chi connectivity index (χ1n) is 8.23. The van der Waals surface area contributed by atoms with Gasteiger partial charge in [0, 0.05) is 0 Å². The smallest absolute Gasteiger partial charge is 0.408 e. The number of halogens is 2. The fraction of sp³-hybridized carbons (Fsp3) is 0.350. The van der Waals surface area contributed by atoms with Gasteiger partial charge in [0.1, 0.15) is 11.4 Å². The molecule has 0 spiro atoms. The lowest BCUT2D eigenvalue weighted by Crippen LogP contribution is -2.35. The Bertz CT molecular complexity index is 713. The summed E-state index contributed by atoms with van der Waals surface area (Å²) in [6.07, 6.45) is 0.989. The van der Waals surface area contributed by atoms with Crippen molar-refractivity contribution in [2.24, 2.45) is 0 Å². The summed E-state index contributed by atoms with van der Waals surface area (Å²) in [7, 11) is 0. The molecule has 2 rings (SSSR count). The number of ether oxygens (including phenoxy) is 1. The van der Waals surface area contributed by atoms with Gasteiger partial charge in [0.2, 0.25) is 0 Å². The molecule has 0 radical (unpaired) electrons. The summed E-state index contributed by atoms with van der Waals surface area (Å²) in [6.45, 7) is 5.46. The van der Waals surface area contributed by atoms with Gasteiger partial charge in [-0.25, -0.2) is 9.18 Å². The van der Waals surface area contributed by atoms with E-state index in [1.165, 1.54) is 11.6 Å². The molecule has 134 valence electrons. The molecular formula is C20H23BrFNO2. The van der Waals surface area contributed by atoms with E-state index in [1.807, 2.05) is 51.1 Å². The van der Waals surface area contributed by atoms with Crippen LogP contribution in [-0.2, 0) is 11.2 Å². The lowest BCUT2D eigenvalue weighted by Gasteiger charge is -2.24. The molecule has 2 aromatic carbocycles. The Kier molecular flexibility index (Phi) is 6.59. The molecule has 1 N–H and O–H groups in total. The van der Waals surface area contributed by atoms with E-state index in [1.54, 1.807) is 12.1 Å². The van der Waals surface area contributed by atoms with Gasteiger partial charge >= 0.3 is 6.09 Å². The van der Waals surface area contributed by atoms with Crippen LogP contribution in [0.1, 0.15) is 44.4 Å². The largest absolute Gasteiger partial charge is 0.444 e. The maximum Gasteiger partial charge on any atom is 0.408 e. The zero-order valence-electron chi connectivity index (χ0n) is 14.7. The molecule has 5 heteroatoms. The highest BCUT2D eigenvalue weighted by Gasteiger charge is 2.21. The van der Waals surface area contributed by atoms with E-state index in [-0.39, 0.29) is 11.9 Å². The highest BCUT2D eigenvalue weighted by molar-refractivity contribution is 9.10. The number of nitrogens with one attached hydrogen (secondary N) is 1. The summed E-state index contributed by atoms with van der Waals surface area (Å²) in [4.78, 5) is 12.2. The third-order valence-electron chi connectivity index (χ3n) is 3.60. The van der Waals surface area contributed by atoms with Crippen LogP contribution in [0.15, 0.2) is 53.0 Å². The second-order valence-corrected chi connectivity index (χ2v) is 7.75. The van der Waals surface area contributed by atoms with E-state index >= 15 is 0 Å². The molecule has 0 aromatic heterocycles. The molecule has 3 nitrogen and oxygen atoms in total. The first-order chi connectivity index (χ1) is 11.7. The molecule has 1 unspecified atom stereocenters. The van der Waals surface area contributed by atoms with E-state index in [2.05, 4.69) is 21.2 Å². The molecular weight excluding hydrogens is 385 g/mol. The second-order valence-electron chi connectivity index (χ2n) is 6.90. The van der Waals surface area contributed by atoms with Gasteiger partial charge in [0.15, 0.2) is 0 Å². The number of rotatable bonds is 5. The van der Waals surface area contributed by atoms with Crippen LogP contribution < -0.4 is 5.32 Å². The van der Waals surface area contributed by atoms with E-state index in [0.717, 1.165) is 12.0 Å². The highest BCUT2D eigenvalue weighted by atomic mass is 79.9. The number of carbonyl (C=O) groups excluding carboxylic acids is 1. The molecule has 0 aliphatic heterocycles. The van der Waals surface area contributed by atoms with Crippen LogP contribution in [0.5, 0.6) is 0 Å². The lowest BCUT2D eigenvalue weighted by atomic mass is 9.99. The minimum atomic E-state index is -0.572. The van der Waals surface area contributed by atoms with Crippen molar-refractivity contribution in [1.82, 2.24) is 5.32 Å². The maximum absolute atomic E-state index is 13.5. The predicted octanol–water partition coefficient (Wildman–Crippen LogP) is 5.79. The monoisotopic (exact) mass is 407 g/mol. The van der Waals surface area contributed by atoms with E-state index in [4.69, 9.17) is 4.74 Å². The van der Waals surface area contributed by atoms with E-state index in [9.17, 15) is 9.18 Å². The summed E-state index contributed by atoms with van der Waals surface area (Å²) in [5.41, 5.74) is 1.44. The van der Waals surface area contributed by atoms with Crippen LogP contribution in [0.2, 0.25) is 0 Å². The Labute approximate surface area is 156 Å². The summed E-state index contributed by atoms with van der Waals surface area (Å²) in [6, 6.07) is 14.5. The van der Waals surface area contributed by atoms with E-state index < -0.39 is 11.7 Å². The molecule has 0 aliphatic carbocycles. The number of alkyl carbamates (subject to hydrolysis) is 1. The fourth-order valence-corrected chi connectivity index (χ4v) is 2.85. The van der Waals surface area contributed by atoms with Crippen LogP contribution in [0.4, 0.5) is 9.18 Å². The number of carbonyl (C=O) groups is 1. The Morgan fingerprint density at radius 3 is 2.48 bits per heavy atom. The SMILES string of the molecule is CC(C)(C)OC(=O)NC(CCc1ccccc1)c1ccc(F)c(Br)c1. The Morgan fingerprint density at radius 1 is 1.20 bits per heavy atom. The number of benzene rings is 2. The molecule has 0 fully saturated rings. The summed E-state index contributed by atoms with van der Waals surface area (Å²) in [5, 5.41) is 2.90. The summed E-state index contributed by atoms with van der Waals surface area (Å²) in [5.74, 6) is -0.331. The van der Waals surface area contributed by atoms with Gasteiger partial charge in [-0.1, -0.05) is 36.4 Å². The second kappa shape index (κ2) is 8.48. The van der Waals surface area contributed by atoms with Crippen LogP contribution >= 0.6 is 15.9 Å². The molecule has 0 saturated heterocycles. The Balaban J connectivity index is 2.15. The van der Waals surface area contributed by atoms with Crippen molar-refractivity contribution in [3.05, 3.63) is 69.9 Å².